The number of amides is 1. The summed E-state index contributed by atoms with van der Waals surface area (Å²) in [6.45, 7) is 3.32. The van der Waals surface area contributed by atoms with Crippen molar-refractivity contribution in [2.45, 2.75) is 50.3 Å². The van der Waals surface area contributed by atoms with Crippen LogP contribution in [0.2, 0.25) is 0 Å². The maximum absolute atomic E-state index is 12.5. The van der Waals surface area contributed by atoms with E-state index in [4.69, 9.17) is 0 Å². The van der Waals surface area contributed by atoms with E-state index < -0.39 is 9.84 Å². The number of carbonyl (C=O) groups is 1. The molecule has 6 heteroatoms. The number of rotatable bonds is 6. The smallest absolute Gasteiger partial charge is 0.251 e. The fourth-order valence-electron chi connectivity index (χ4n) is 4.19. The number of benzene rings is 1. The van der Waals surface area contributed by atoms with E-state index in [1.54, 1.807) is 24.3 Å². The monoisotopic (exact) mass is 378 g/mol. The van der Waals surface area contributed by atoms with Gasteiger partial charge in [-0.1, -0.05) is 25.0 Å². The maximum atomic E-state index is 12.5. The zero-order valence-electron chi connectivity index (χ0n) is 15.6. The van der Waals surface area contributed by atoms with Gasteiger partial charge in [-0.2, -0.15) is 0 Å². The van der Waals surface area contributed by atoms with Crippen molar-refractivity contribution in [1.82, 2.24) is 10.2 Å². The van der Waals surface area contributed by atoms with Gasteiger partial charge in [0.25, 0.3) is 5.91 Å². The molecule has 26 heavy (non-hydrogen) atoms. The van der Waals surface area contributed by atoms with Crippen LogP contribution in [0.1, 0.15) is 54.4 Å². The third kappa shape index (κ3) is 5.81. The van der Waals surface area contributed by atoms with Crippen molar-refractivity contribution in [2.75, 3.05) is 25.9 Å². The summed E-state index contributed by atoms with van der Waals surface area (Å²) >= 11 is 0. The lowest BCUT2D eigenvalue weighted by Gasteiger charge is -2.33. The predicted molar refractivity (Wildman–Crippen MR) is 104 cm³/mol. The van der Waals surface area contributed by atoms with Crippen LogP contribution < -0.4 is 5.32 Å². The van der Waals surface area contributed by atoms with Crippen molar-refractivity contribution in [1.29, 1.82) is 0 Å². The van der Waals surface area contributed by atoms with Crippen molar-refractivity contribution in [3.63, 3.8) is 0 Å². The van der Waals surface area contributed by atoms with Gasteiger partial charge >= 0.3 is 0 Å². The van der Waals surface area contributed by atoms with Crippen molar-refractivity contribution >= 4 is 15.7 Å². The SMILES string of the molecule is CS(=O)(=O)Cc1cccc(C(=O)NC2CCN(CC3CCCC3)CC2)c1. The second-order valence-electron chi connectivity index (χ2n) is 7.97. The highest BCUT2D eigenvalue weighted by Gasteiger charge is 2.24. The van der Waals surface area contributed by atoms with Gasteiger partial charge in [-0.25, -0.2) is 8.42 Å². The molecule has 1 amide bonds. The molecule has 0 aromatic heterocycles. The Morgan fingerprint density at radius 2 is 1.85 bits per heavy atom. The normalized spacial score (nSPS) is 20.3. The summed E-state index contributed by atoms with van der Waals surface area (Å²) in [6, 6.07) is 7.14. The average molecular weight is 379 g/mol. The fourth-order valence-corrected chi connectivity index (χ4v) is 4.98. The molecule has 144 valence electrons. The molecule has 1 heterocycles. The summed E-state index contributed by atoms with van der Waals surface area (Å²) in [6.07, 6.45) is 8.70. The molecule has 0 unspecified atom stereocenters. The van der Waals surface area contributed by atoms with E-state index in [1.807, 2.05) is 0 Å². The lowest BCUT2D eigenvalue weighted by Crippen LogP contribution is -2.45. The Morgan fingerprint density at radius 3 is 2.50 bits per heavy atom. The van der Waals surface area contributed by atoms with E-state index in [0.29, 0.717) is 11.1 Å². The Bertz CT molecular complexity index is 718. The van der Waals surface area contributed by atoms with Crippen molar-refractivity contribution in [3.8, 4) is 0 Å². The Hall–Kier alpha value is -1.40. The first-order valence-corrected chi connectivity index (χ1v) is 11.7. The fraction of sp³-hybridized carbons (Fsp3) is 0.650. The standard InChI is InChI=1S/C20H30N2O3S/c1-26(24,25)15-17-7-4-8-18(13-17)20(23)21-19-9-11-22(12-10-19)14-16-5-2-3-6-16/h4,7-8,13,16,19H,2-3,5-6,9-12,14-15H2,1H3,(H,21,23). The molecule has 5 nitrogen and oxygen atoms in total. The Kier molecular flexibility index (Phi) is 6.35. The summed E-state index contributed by atoms with van der Waals surface area (Å²) in [5.41, 5.74) is 1.20. The van der Waals surface area contributed by atoms with Crippen molar-refractivity contribution < 1.29 is 13.2 Å². The topological polar surface area (TPSA) is 66.5 Å². The average Bonchev–Trinajstić information content (AvgIpc) is 3.08. The third-order valence-corrected chi connectivity index (χ3v) is 6.39. The van der Waals surface area contributed by atoms with E-state index in [0.717, 1.165) is 31.8 Å². The van der Waals surface area contributed by atoms with Gasteiger partial charge in [0.05, 0.1) is 5.75 Å². The second kappa shape index (κ2) is 8.53. The Balaban J connectivity index is 1.49. The summed E-state index contributed by atoms with van der Waals surface area (Å²) in [5, 5.41) is 3.12. The maximum Gasteiger partial charge on any atom is 0.251 e. The minimum absolute atomic E-state index is 0.0341. The van der Waals surface area contributed by atoms with Crippen LogP contribution in [0.4, 0.5) is 0 Å². The van der Waals surface area contributed by atoms with E-state index in [9.17, 15) is 13.2 Å². The lowest BCUT2D eigenvalue weighted by atomic mass is 10.0. The molecule has 1 aromatic rings. The lowest BCUT2D eigenvalue weighted by molar-refractivity contribution is 0.0905. The molecule has 2 fully saturated rings. The molecule has 1 saturated carbocycles. The number of sulfone groups is 1. The molecule has 0 radical (unpaired) electrons. The van der Waals surface area contributed by atoms with Gasteiger partial charge in [0.15, 0.2) is 9.84 Å². The summed E-state index contributed by atoms with van der Waals surface area (Å²) in [4.78, 5) is 15.1. The first-order valence-electron chi connectivity index (χ1n) is 9.69. The molecule has 1 N–H and O–H groups in total. The van der Waals surface area contributed by atoms with Crippen LogP contribution in [0.3, 0.4) is 0 Å². The highest BCUT2D eigenvalue weighted by Crippen LogP contribution is 2.26. The van der Waals surface area contributed by atoms with Crippen LogP contribution >= 0.6 is 0 Å². The Morgan fingerprint density at radius 1 is 1.15 bits per heavy atom. The molecular formula is C20H30N2O3S. The molecule has 1 saturated heterocycles. The zero-order valence-corrected chi connectivity index (χ0v) is 16.4. The number of nitrogens with zero attached hydrogens (tertiary/aromatic N) is 1. The number of piperidine rings is 1. The second-order valence-corrected chi connectivity index (χ2v) is 10.1. The van der Waals surface area contributed by atoms with Gasteiger partial charge in [0.2, 0.25) is 0 Å². The van der Waals surface area contributed by atoms with E-state index in [1.165, 1.54) is 38.5 Å². The first-order chi connectivity index (χ1) is 12.4. The predicted octanol–water partition coefficient (Wildman–Crippen LogP) is 2.62. The number of carbonyl (C=O) groups excluding carboxylic acids is 1. The minimum atomic E-state index is -3.10. The van der Waals surface area contributed by atoms with Crippen LogP contribution in [-0.4, -0.2) is 51.2 Å². The molecular weight excluding hydrogens is 348 g/mol. The quantitative estimate of drug-likeness (QED) is 0.826. The van der Waals surface area contributed by atoms with Gasteiger partial charge in [0.1, 0.15) is 0 Å². The van der Waals surface area contributed by atoms with E-state index >= 15 is 0 Å². The molecule has 1 aliphatic carbocycles. The zero-order chi connectivity index (χ0) is 18.6. The summed E-state index contributed by atoms with van der Waals surface area (Å²) in [7, 11) is -3.10. The number of nitrogens with one attached hydrogen (secondary N) is 1. The molecule has 0 bridgehead atoms. The summed E-state index contributed by atoms with van der Waals surface area (Å²) in [5.74, 6) is 0.738. The highest BCUT2D eigenvalue weighted by molar-refractivity contribution is 7.89. The van der Waals surface area contributed by atoms with Crippen LogP contribution in [0, 0.1) is 5.92 Å². The van der Waals surface area contributed by atoms with Gasteiger partial charge < -0.3 is 10.2 Å². The molecule has 2 aliphatic rings. The van der Waals surface area contributed by atoms with Gasteiger partial charge in [0, 0.05) is 37.5 Å². The highest BCUT2D eigenvalue weighted by atomic mass is 32.2. The van der Waals surface area contributed by atoms with Crippen molar-refractivity contribution in [2.24, 2.45) is 5.92 Å². The number of hydrogen-bond donors (Lipinski definition) is 1. The van der Waals surface area contributed by atoms with Crippen LogP contribution in [0.5, 0.6) is 0 Å². The van der Waals surface area contributed by atoms with Gasteiger partial charge in [-0.15, -0.1) is 0 Å². The molecule has 1 aromatic carbocycles. The molecule has 1 aliphatic heterocycles. The number of likely N-dealkylation sites (tertiary alicyclic amines) is 1. The Labute approximate surface area is 157 Å². The van der Waals surface area contributed by atoms with Crippen LogP contribution in [0.25, 0.3) is 0 Å². The first kappa shape index (κ1) is 19.4. The van der Waals surface area contributed by atoms with E-state index in [2.05, 4.69) is 10.2 Å². The van der Waals surface area contributed by atoms with Crippen LogP contribution in [0.15, 0.2) is 24.3 Å². The molecule has 0 spiro atoms. The largest absolute Gasteiger partial charge is 0.349 e. The van der Waals surface area contributed by atoms with Crippen LogP contribution in [-0.2, 0) is 15.6 Å². The molecule has 3 rings (SSSR count). The summed E-state index contributed by atoms with van der Waals surface area (Å²) < 4.78 is 22.9. The third-order valence-electron chi connectivity index (χ3n) is 5.53. The van der Waals surface area contributed by atoms with Gasteiger partial charge in [-0.3, -0.25) is 4.79 Å². The van der Waals surface area contributed by atoms with Crippen molar-refractivity contribution in [3.05, 3.63) is 35.4 Å². The van der Waals surface area contributed by atoms with E-state index in [-0.39, 0.29) is 17.7 Å². The molecule has 0 atom stereocenters. The minimum Gasteiger partial charge on any atom is -0.349 e. The number of hydrogen-bond acceptors (Lipinski definition) is 4. The van der Waals surface area contributed by atoms with Gasteiger partial charge in [-0.05, 0) is 49.3 Å².